The molecule has 10 nitrogen and oxygen atoms in total. The third kappa shape index (κ3) is 5.32. The van der Waals surface area contributed by atoms with E-state index < -0.39 is 37.1 Å². The number of hydrogen-bond donors (Lipinski definition) is 1. The zero-order chi connectivity index (χ0) is 33.8. The average molecular weight is 654 g/mol. The van der Waals surface area contributed by atoms with Gasteiger partial charge in [0.25, 0.3) is 5.88 Å². The Bertz CT molecular complexity index is 1540. The van der Waals surface area contributed by atoms with Gasteiger partial charge in [0, 0.05) is 23.1 Å². The number of ketones is 2. The summed E-state index contributed by atoms with van der Waals surface area (Å²) < 4.78 is 25.2. The molecule has 5 rings (SSSR count). The number of aromatic nitrogens is 2. The first-order valence-corrected chi connectivity index (χ1v) is 19.6. The van der Waals surface area contributed by atoms with Crippen molar-refractivity contribution in [2.24, 2.45) is 11.3 Å². The van der Waals surface area contributed by atoms with Crippen LogP contribution in [0.5, 0.6) is 11.6 Å². The predicted molar refractivity (Wildman–Crippen MR) is 177 cm³/mol. The van der Waals surface area contributed by atoms with Crippen LogP contribution in [0.25, 0.3) is 0 Å². The molecule has 252 valence electrons. The summed E-state index contributed by atoms with van der Waals surface area (Å²) in [6.45, 7) is 17.3. The molecule has 0 unspecified atom stereocenters. The number of ether oxygens (including phenoxy) is 2. The van der Waals surface area contributed by atoms with Gasteiger partial charge in [-0.25, -0.2) is 0 Å². The Morgan fingerprint density at radius 2 is 1.72 bits per heavy atom. The summed E-state index contributed by atoms with van der Waals surface area (Å²) in [5, 5.41) is 16.7. The molecule has 0 saturated heterocycles. The zero-order valence-corrected chi connectivity index (χ0v) is 30.2. The predicted octanol–water partition coefficient (Wildman–Crippen LogP) is 7.26. The van der Waals surface area contributed by atoms with E-state index in [4.69, 9.17) is 18.4 Å². The highest BCUT2D eigenvalue weighted by molar-refractivity contribution is 6.74. The maximum atomic E-state index is 15.2. The monoisotopic (exact) mass is 653 g/mol. The maximum absolute atomic E-state index is 15.2. The third-order valence-corrected chi connectivity index (χ3v) is 15.0. The Morgan fingerprint density at radius 1 is 1.07 bits per heavy atom. The maximum Gasteiger partial charge on any atom is 0.265 e. The van der Waals surface area contributed by atoms with Crippen LogP contribution in [0.4, 0.5) is 0 Å². The number of carbonyl (C=O) groups excluding carboxylic acids is 2. The molecule has 4 atom stereocenters. The van der Waals surface area contributed by atoms with Crippen molar-refractivity contribution in [2.45, 2.75) is 110 Å². The van der Waals surface area contributed by atoms with E-state index in [9.17, 15) is 9.90 Å². The van der Waals surface area contributed by atoms with E-state index in [2.05, 4.69) is 57.9 Å². The standard InChI is InChI=1S/C35H51N3O7Si/c1-11-13-15-42-23-20-36-19-21-17-34(6)18-22-27(38(7)8)29-25(32(37-44-29)43-16-14-12-2)30(40)35(22,45-46(9,10)33(3,4)5)31(41)26(34)28(39)24(21)23/h19-20,22,27,41H,11-18H2,1-10H3/t22-,27-,34-,35+/m0/s1. The van der Waals surface area contributed by atoms with Crippen molar-refractivity contribution in [3.05, 3.63) is 46.2 Å². The molecule has 3 aliphatic rings. The Balaban J connectivity index is 1.78. The second kappa shape index (κ2) is 12.2. The van der Waals surface area contributed by atoms with Crippen molar-refractivity contribution in [1.29, 1.82) is 0 Å². The second-order valence-electron chi connectivity index (χ2n) is 15.2. The van der Waals surface area contributed by atoms with Gasteiger partial charge in [-0.2, -0.15) is 0 Å². The molecule has 0 bridgehead atoms. The molecule has 2 heterocycles. The van der Waals surface area contributed by atoms with Gasteiger partial charge < -0.3 is 23.5 Å². The van der Waals surface area contributed by atoms with Crippen LogP contribution >= 0.6 is 0 Å². The van der Waals surface area contributed by atoms with Crippen LogP contribution in [0.2, 0.25) is 18.1 Å². The van der Waals surface area contributed by atoms with Crippen LogP contribution in [0.3, 0.4) is 0 Å². The van der Waals surface area contributed by atoms with Gasteiger partial charge in [-0.3, -0.25) is 19.5 Å². The van der Waals surface area contributed by atoms with Gasteiger partial charge >= 0.3 is 0 Å². The molecule has 0 fully saturated rings. The number of fused-ring (bicyclic) bond motifs is 4. The van der Waals surface area contributed by atoms with E-state index in [1.54, 1.807) is 12.4 Å². The minimum atomic E-state index is -2.79. The van der Waals surface area contributed by atoms with Gasteiger partial charge in [-0.05, 0) is 68.6 Å². The smallest absolute Gasteiger partial charge is 0.265 e. The Morgan fingerprint density at radius 3 is 2.33 bits per heavy atom. The number of nitrogens with zero attached hydrogens (tertiary/aromatic N) is 3. The van der Waals surface area contributed by atoms with Gasteiger partial charge in [0.15, 0.2) is 25.5 Å². The lowest BCUT2D eigenvalue weighted by Crippen LogP contribution is -2.66. The Labute approximate surface area is 274 Å². The molecule has 0 saturated carbocycles. The SMILES string of the molecule is CCCCOc1cncc2c1C(=O)C1=C(O)[C@]3(O[Si](C)(C)C(C)(C)C)C(=O)c4c(OCCCC)noc4[C@@H](N(C)C)[C@@H]3C[C@]1(C)C2. The van der Waals surface area contributed by atoms with Crippen molar-refractivity contribution >= 4 is 19.9 Å². The minimum absolute atomic E-state index is 0.0982. The molecule has 46 heavy (non-hydrogen) atoms. The summed E-state index contributed by atoms with van der Waals surface area (Å²) in [6, 6.07) is -0.493. The van der Waals surface area contributed by atoms with Crippen LogP contribution in [0, 0.1) is 11.3 Å². The molecule has 2 aromatic rings. The van der Waals surface area contributed by atoms with E-state index in [1.807, 2.05) is 25.9 Å². The molecule has 0 aromatic carbocycles. The molecule has 0 aliphatic heterocycles. The van der Waals surface area contributed by atoms with Crippen molar-refractivity contribution in [3.63, 3.8) is 0 Å². The van der Waals surface area contributed by atoms with E-state index in [-0.39, 0.29) is 33.6 Å². The van der Waals surface area contributed by atoms with Crippen LogP contribution in [-0.2, 0) is 10.8 Å². The lowest BCUT2D eigenvalue weighted by Gasteiger charge is -2.57. The zero-order valence-electron chi connectivity index (χ0n) is 29.2. The third-order valence-electron chi connectivity index (χ3n) is 10.6. The first kappa shape index (κ1) is 34.3. The lowest BCUT2D eigenvalue weighted by molar-refractivity contribution is -0.0579. The molecule has 0 spiro atoms. The number of rotatable bonds is 11. The number of allylic oxidation sites excluding steroid dienone is 1. The van der Waals surface area contributed by atoms with Gasteiger partial charge in [-0.1, -0.05) is 54.4 Å². The minimum Gasteiger partial charge on any atom is -0.508 e. The average Bonchev–Trinajstić information content (AvgIpc) is 3.37. The number of aliphatic hydroxyl groups is 1. The Kier molecular flexibility index (Phi) is 9.11. The van der Waals surface area contributed by atoms with E-state index in [0.717, 1.165) is 31.2 Å². The highest BCUT2D eigenvalue weighted by Gasteiger charge is 2.69. The first-order valence-electron chi connectivity index (χ1n) is 16.7. The number of pyridine rings is 1. The van der Waals surface area contributed by atoms with Gasteiger partial charge in [0.05, 0.1) is 31.0 Å². The normalized spacial score (nSPS) is 26.1. The number of aliphatic hydroxyl groups excluding tert-OH is 1. The summed E-state index contributed by atoms with van der Waals surface area (Å²) in [4.78, 5) is 36.3. The van der Waals surface area contributed by atoms with Crippen LogP contribution in [0.1, 0.15) is 112 Å². The summed E-state index contributed by atoms with van der Waals surface area (Å²) in [5.74, 6) is -0.828. The van der Waals surface area contributed by atoms with Crippen molar-refractivity contribution in [1.82, 2.24) is 15.0 Å². The fourth-order valence-corrected chi connectivity index (χ4v) is 8.64. The first-order chi connectivity index (χ1) is 21.6. The van der Waals surface area contributed by atoms with Crippen molar-refractivity contribution in [3.8, 4) is 11.6 Å². The van der Waals surface area contributed by atoms with Crippen LogP contribution < -0.4 is 9.47 Å². The molecular weight excluding hydrogens is 602 g/mol. The van der Waals surface area contributed by atoms with E-state index in [0.29, 0.717) is 43.1 Å². The summed E-state index contributed by atoms with van der Waals surface area (Å²) in [7, 11) is 1.06. The fraction of sp³-hybridized carbons (Fsp3) is 0.657. The van der Waals surface area contributed by atoms with E-state index in [1.165, 1.54) is 0 Å². The van der Waals surface area contributed by atoms with Gasteiger partial charge in [-0.15, -0.1) is 0 Å². The number of carbonyl (C=O) groups is 2. The second-order valence-corrected chi connectivity index (χ2v) is 20.0. The van der Waals surface area contributed by atoms with Crippen molar-refractivity contribution < 1.29 is 33.1 Å². The summed E-state index contributed by atoms with van der Waals surface area (Å²) in [6.07, 6.45) is 7.57. The van der Waals surface area contributed by atoms with Crippen LogP contribution in [0.15, 0.2) is 28.2 Å². The van der Waals surface area contributed by atoms with Crippen molar-refractivity contribution in [2.75, 3.05) is 27.3 Å². The molecular formula is C35H51N3O7Si. The summed E-state index contributed by atoms with van der Waals surface area (Å²) >= 11 is 0. The quantitative estimate of drug-likeness (QED) is 0.196. The number of Topliss-reactive ketones (excluding diaryl/α,β-unsaturated/α-hetero) is 2. The number of hydrogen-bond acceptors (Lipinski definition) is 10. The highest BCUT2D eigenvalue weighted by Crippen LogP contribution is 2.62. The van der Waals surface area contributed by atoms with Crippen LogP contribution in [-0.4, -0.2) is 72.9 Å². The molecule has 0 radical (unpaired) electrons. The molecule has 11 heteroatoms. The fourth-order valence-electron chi connectivity index (χ4n) is 7.18. The largest absolute Gasteiger partial charge is 0.508 e. The van der Waals surface area contributed by atoms with Gasteiger partial charge in [0.1, 0.15) is 17.1 Å². The number of unbranched alkanes of at least 4 members (excludes halogenated alkanes) is 2. The highest BCUT2D eigenvalue weighted by atomic mass is 28.4. The molecule has 1 N–H and O–H groups in total. The topological polar surface area (TPSA) is 124 Å². The molecule has 2 aromatic heterocycles. The Hall–Kier alpha value is -3.02. The van der Waals surface area contributed by atoms with E-state index >= 15 is 4.79 Å². The van der Waals surface area contributed by atoms with Gasteiger partial charge in [0.2, 0.25) is 5.78 Å². The lowest BCUT2D eigenvalue weighted by atomic mass is 9.53. The summed E-state index contributed by atoms with van der Waals surface area (Å²) in [5.41, 5.74) is -1.11. The molecule has 0 amide bonds. The molecule has 3 aliphatic carbocycles.